The van der Waals surface area contributed by atoms with Gasteiger partial charge < -0.3 is 4.90 Å². The van der Waals surface area contributed by atoms with Crippen molar-refractivity contribution in [3.63, 3.8) is 0 Å². The Morgan fingerprint density at radius 3 is 2.64 bits per heavy atom. The van der Waals surface area contributed by atoms with Crippen LogP contribution in [-0.2, 0) is 4.79 Å². The van der Waals surface area contributed by atoms with Crippen molar-refractivity contribution in [3.8, 4) is 6.07 Å². The van der Waals surface area contributed by atoms with Gasteiger partial charge in [-0.1, -0.05) is 6.92 Å². The van der Waals surface area contributed by atoms with Gasteiger partial charge in [0, 0.05) is 19.0 Å². The van der Waals surface area contributed by atoms with Gasteiger partial charge in [0.05, 0.1) is 12.0 Å². The van der Waals surface area contributed by atoms with E-state index in [9.17, 15) is 4.79 Å². The van der Waals surface area contributed by atoms with Crippen LogP contribution in [0, 0.1) is 17.2 Å². The Labute approximate surface area is 84.8 Å². The number of hydrazine groups is 1. The Morgan fingerprint density at radius 1 is 1.64 bits per heavy atom. The van der Waals surface area contributed by atoms with E-state index in [0.29, 0.717) is 13.0 Å². The van der Waals surface area contributed by atoms with Crippen LogP contribution in [0.15, 0.2) is 0 Å². The zero-order valence-electron chi connectivity index (χ0n) is 8.95. The molecular formula is C9H18N4O. The second-order valence-electron chi connectivity index (χ2n) is 3.43. The fourth-order valence-electron chi connectivity index (χ4n) is 1.16. The van der Waals surface area contributed by atoms with Gasteiger partial charge in [-0.15, -0.1) is 0 Å². The highest BCUT2D eigenvalue weighted by Gasteiger charge is 2.22. The van der Waals surface area contributed by atoms with Gasteiger partial charge >= 0.3 is 0 Å². The number of nitrogens with two attached hydrogens (primary N) is 1. The number of nitrogens with one attached hydrogen (secondary N) is 1. The Morgan fingerprint density at radius 2 is 2.21 bits per heavy atom. The summed E-state index contributed by atoms with van der Waals surface area (Å²) < 4.78 is 0. The molecule has 80 valence electrons. The van der Waals surface area contributed by atoms with E-state index in [2.05, 4.69) is 11.5 Å². The van der Waals surface area contributed by atoms with Crippen molar-refractivity contribution in [2.45, 2.75) is 26.3 Å². The van der Waals surface area contributed by atoms with Crippen molar-refractivity contribution in [1.29, 1.82) is 5.26 Å². The maximum absolute atomic E-state index is 11.2. The van der Waals surface area contributed by atoms with Gasteiger partial charge in [0.15, 0.2) is 0 Å². The number of carbonyl (C=O) groups excluding carboxylic acids is 1. The molecule has 0 fully saturated rings. The molecule has 0 aliphatic carbocycles. The van der Waals surface area contributed by atoms with E-state index in [1.807, 2.05) is 25.8 Å². The van der Waals surface area contributed by atoms with E-state index in [1.54, 1.807) is 0 Å². The topological polar surface area (TPSA) is 82.2 Å². The minimum Gasteiger partial charge on any atom is -0.302 e. The molecular weight excluding hydrogens is 180 g/mol. The van der Waals surface area contributed by atoms with Gasteiger partial charge in [-0.25, -0.2) is 5.84 Å². The van der Waals surface area contributed by atoms with Crippen molar-refractivity contribution in [2.75, 3.05) is 13.6 Å². The molecule has 0 bridgehead atoms. The minimum atomic E-state index is -0.179. The molecule has 0 aliphatic heterocycles. The Bertz CT molecular complexity index is 223. The zero-order chi connectivity index (χ0) is 11.1. The van der Waals surface area contributed by atoms with Crippen molar-refractivity contribution < 1.29 is 4.79 Å². The molecule has 0 spiro atoms. The van der Waals surface area contributed by atoms with E-state index in [0.717, 1.165) is 0 Å². The van der Waals surface area contributed by atoms with Crippen molar-refractivity contribution in [2.24, 2.45) is 11.8 Å². The molecule has 3 N–H and O–H groups in total. The summed E-state index contributed by atoms with van der Waals surface area (Å²) in [5.74, 6) is 4.68. The third-order valence-corrected chi connectivity index (χ3v) is 2.55. The van der Waals surface area contributed by atoms with Crippen LogP contribution in [0.1, 0.15) is 20.3 Å². The molecule has 0 aromatic rings. The number of nitriles is 1. The number of nitrogens with zero attached hydrogens (tertiary/aromatic N) is 2. The molecule has 2 atom stereocenters. The highest BCUT2D eigenvalue weighted by atomic mass is 16.2. The lowest BCUT2D eigenvalue weighted by Gasteiger charge is -2.27. The predicted octanol–water partition coefficient (Wildman–Crippen LogP) is -0.154. The highest BCUT2D eigenvalue weighted by molar-refractivity contribution is 5.78. The van der Waals surface area contributed by atoms with Gasteiger partial charge in [0.1, 0.15) is 0 Å². The molecule has 1 amide bonds. The Kier molecular flexibility index (Phi) is 5.84. The maximum atomic E-state index is 11.2. The second-order valence-corrected chi connectivity index (χ2v) is 3.43. The van der Waals surface area contributed by atoms with Crippen LogP contribution >= 0.6 is 0 Å². The molecule has 14 heavy (non-hydrogen) atoms. The van der Waals surface area contributed by atoms with Crippen molar-refractivity contribution >= 4 is 5.91 Å². The average molecular weight is 198 g/mol. The molecule has 0 aliphatic rings. The molecule has 5 nitrogen and oxygen atoms in total. The highest BCUT2D eigenvalue weighted by Crippen LogP contribution is 2.09. The van der Waals surface area contributed by atoms with Crippen LogP contribution in [0.5, 0.6) is 0 Å². The molecule has 0 saturated heterocycles. The number of amides is 1. The number of carbonyl (C=O) groups is 1. The predicted molar refractivity (Wildman–Crippen MR) is 53.8 cm³/mol. The van der Waals surface area contributed by atoms with E-state index in [4.69, 9.17) is 11.1 Å². The molecule has 0 heterocycles. The van der Waals surface area contributed by atoms with Crippen LogP contribution in [0.3, 0.4) is 0 Å². The zero-order valence-corrected chi connectivity index (χ0v) is 8.95. The van der Waals surface area contributed by atoms with Gasteiger partial charge in [0.2, 0.25) is 5.91 Å². The molecule has 5 heteroatoms. The van der Waals surface area contributed by atoms with Crippen molar-refractivity contribution in [1.82, 2.24) is 10.3 Å². The molecule has 0 radical (unpaired) electrons. The van der Waals surface area contributed by atoms with Crippen LogP contribution in [-0.4, -0.2) is 30.4 Å². The Balaban J connectivity index is 4.10. The lowest BCUT2D eigenvalue weighted by atomic mass is 10.0. The fourth-order valence-corrected chi connectivity index (χ4v) is 1.16. The third kappa shape index (κ3) is 3.73. The van der Waals surface area contributed by atoms with Crippen molar-refractivity contribution in [3.05, 3.63) is 0 Å². The first-order valence-electron chi connectivity index (χ1n) is 4.62. The summed E-state index contributed by atoms with van der Waals surface area (Å²) in [5.41, 5.74) is 2.13. The molecule has 0 rings (SSSR count). The van der Waals surface area contributed by atoms with Gasteiger partial charge in [-0.3, -0.25) is 10.2 Å². The number of rotatable bonds is 5. The first-order valence-corrected chi connectivity index (χ1v) is 4.62. The quantitative estimate of drug-likeness (QED) is 0.365. The lowest BCUT2D eigenvalue weighted by molar-refractivity contribution is -0.126. The smallest absolute Gasteiger partial charge is 0.238 e. The lowest BCUT2D eigenvalue weighted by Crippen LogP contribution is -2.44. The van der Waals surface area contributed by atoms with Gasteiger partial charge in [-0.05, 0) is 14.0 Å². The standard InChI is InChI=1S/C9H18N4O/c1-7(9(14)12-11)8(2)13(3)6-4-5-10/h7-8H,4,6,11H2,1-3H3,(H,12,14). The van der Waals surface area contributed by atoms with E-state index in [-0.39, 0.29) is 17.9 Å². The summed E-state index contributed by atoms with van der Waals surface area (Å²) >= 11 is 0. The van der Waals surface area contributed by atoms with E-state index in [1.165, 1.54) is 0 Å². The second kappa shape index (κ2) is 6.35. The third-order valence-electron chi connectivity index (χ3n) is 2.55. The molecule has 0 aromatic heterocycles. The van der Waals surface area contributed by atoms with E-state index >= 15 is 0 Å². The van der Waals surface area contributed by atoms with E-state index < -0.39 is 0 Å². The normalized spacial score (nSPS) is 14.6. The first kappa shape index (κ1) is 12.9. The SMILES string of the molecule is CC(C(=O)NN)C(C)N(C)CCC#N. The molecule has 0 aromatic carbocycles. The van der Waals surface area contributed by atoms with Gasteiger partial charge in [0.25, 0.3) is 0 Å². The summed E-state index contributed by atoms with van der Waals surface area (Å²) in [6, 6.07) is 2.14. The fraction of sp³-hybridized carbons (Fsp3) is 0.778. The van der Waals surface area contributed by atoms with Crippen LogP contribution in [0.25, 0.3) is 0 Å². The largest absolute Gasteiger partial charge is 0.302 e. The summed E-state index contributed by atoms with van der Waals surface area (Å²) in [6.07, 6.45) is 0.470. The first-order chi connectivity index (χ1) is 6.54. The minimum absolute atomic E-state index is 0.0758. The van der Waals surface area contributed by atoms with Crippen LogP contribution < -0.4 is 11.3 Å². The van der Waals surface area contributed by atoms with Crippen LogP contribution in [0.4, 0.5) is 0 Å². The number of hydrogen-bond donors (Lipinski definition) is 2. The summed E-state index contributed by atoms with van der Waals surface area (Å²) in [7, 11) is 1.89. The summed E-state index contributed by atoms with van der Waals surface area (Å²) in [5, 5.41) is 8.41. The van der Waals surface area contributed by atoms with Crippen LogP contribution in [0.2, 0.25) is 0 Å². The Hall–Kier alpha value is -1.12. The summed E-state index contributed by atoms with van der Waals surface area (Å²) in [6.45, 7) is 4.42. The average Bonchev–Trinajstić information content (AvgIpc) is 2.22. The molecule has 0 saturated carbocycles. The molecule has 2 unspecified atom stereocenters. The maximum Gasteiger partial charge on any atom is 0.238 e. The number of hydrogen-bond acceptors (Lipinski definition) is 4. The monoisotopic (exact) mass is 198 g/mol. The van der Waals surface area contributed by atoms with Gasteiger partial charge in [-0.2, -0.15) is 5.26 Å². The summed E-state index contributed by atoms with van der Waals surface area (Å²) in [4.78, 5) is 13.2.